The molecule has 0 N–H and O–H groups in total. The fourth-order valence-corrected chi connectivity index (χ4v) is 9.53. The smallest absolute Gasteiger partial charge is 0.0462 e. The van der Waals surface area contributed by atoms with Crippen molar-refractivity contribution in [2.24, 2.45) is 0 Å². The van der Waals surface area contributed by atoms with E-state index in [1.54, 1.807) is 0 Å². The van der Waals surface area contributed by atoms with Gasteiger partial charge in [-0.2, -0.15) is 0 Å². The molecule has 11 rings (SSSR count). The van der Waals surface area contributed by atoms with E-state index in [0.717, 1.165) is 67.5 Å². The van der Waals surface area contributed by atoms with Crippen LogP contribution in [0.3, 0.4) is 0 Å². The summed E-state index contributed by atoms with van der Waals surface area (Å²) >= 11 is 0. The summed E-state index contributed by atoms with van der Waals surface area (Å²) in [5.41, 5.74) is 20.6. The maximum absolute atomic E-state index is 2.31. The van der Waals surface area contributed by atoms with Gasteiger partial charge in [0.1, 0.15) is 0 Å². The van der Waals surface area contributed by atoms with Gasteiger partial charge in [0.2, 0.25) is 0 Å². The van der Waals surface area contributed by atoms with Crippen LogP contribution in [0.25, 0.3) is 47.6 Å². The normalized spacial score (nSPS) is 11.1. The summed E-state index contributed by atoms with van der Waals surface area (Å²) in [4.78, 5) is 4.62. The van der Waals surface area contributed by atoms with Gasteiger partial charge in [-0.3, -0.25) is 0 Å². The van der Waals surface area contributed by atoms with Crippen molar-refractivity contribution < 1.29 is 0 Å². The van der Waals surface area contributed by atoms with Crippen LogP contribution in [0.2, 0.25) is 0 Å². The molecule has 0 radical (unpaired) electrons. The lowest BCUT2D eigenvalue weighted by molar-refractivity contribution is 1.28. The lowest BCUT2D eigenvalue weighted by atomic mass is 9.95. The Labute approximate surface area is 448 Å². The third kappa shape index (κ3) is 11.9. The molecule has 0 saturated heterocycles. The van der Waals surface area contributed by atoms with Crippen molar-refractivity contribution in [3.63, 3.8) is 0 Å². The zero-order valence-electron chi connectivity index (χ0n) is 42.2. The lowest BCUT2D eigenvalue weighted by Crippen LogP contribution is -2.09. The molecule has 0 saturated carbocycles. The van der Waals surface area contributed by atoms with Crippen molar-refractivity contribution in [3.05, 3.63) is 359 Å². The summed E-state index contributed by atoms with van der Waals surface area (Å²) in [5.74, 6) is 0. The Balaban J connectivity index is 0.758. The van der Waals surface area contributed by atoms with Gasteiger partial charge in [0.15, 0.2) is 0 Å². The summed E-state index contributed by atoms with van der Waals surface area (Å²) < 4.78 is 0. The molecule has 0 aromatic heterocycles. The highest BCUT2D eigenvalue weighted by Gasteiger charge is 2.15. The first-order valence-corrected chi connectivity index (χ1v) is 25.9. The van der Waals surface area contributed by atoms with Crippen molar-refractivity contribution >= 4 is 81.7 Å². The molecule has 0 spiro atoms. The second kappa shape index (κ2) is 23.7. The van der Waals surface area contributed by atoms with Gasteiger partial charge in [-0.15, -0.1) is 0 Å². The number of nitrogens with zero attached hydrogens (tertiary/aromatic N) is 2. The van der Waals surface area contributed by atoms with Crippen LogP contribution in [0.1, 0.15) is 55.6 Å². The highest BCUT2D eigenvalue weighted by atomic mass is 15.1. The molecule has 0 fully saturated rings. The molecule has 0 atom stereocenters. The Morgan fingerprint density at radius 3 is 0.605 bits per heavy atom. The molecule has 2 heteroatoms. The van der Waals surface area contributed by atoms with Gasteiger partial charge in [-0.25, -0.2) is 0 Å². The summed E-state index contributed by atoms with van der Waals surface area (Å²) in [6.45, 7) is 0. The molecule has 0 amide bonds. The van der Waals surface area contributed by atoms with Crippen molar-refractivity contribution in [1.29, 1.82) is 0 Å². The number of para-hydroxylation sites is 2. The zero-order valence-corrected chi connectivity index (χ0v) is 42.2. The molecule has 11 aromatic carbocycles. The van der Waals surface area contributed by atoms with Crippen LogP contribution in [-0.4, -0.2) is 0 Å². The molecule has 0 aliphatic heterocycles. The summed E-state index contributed by atoms with van der Waals surface area (Å²) in [5, 5.41) is 0. The number of anilines is 6. The fourth-order valence-electron chi connectivity index (χ4n) is 9.53. The van der Waals surface area contributed by atoms with Crippen LogP contribution in [0, 0.1) is 0 Å². The Hall–Kier alpha value is -10.0. The van der Waals surface area contributed by atoms with Gasteiger partial charge in [0, 0.05) is 34.1 Å². The maximum Gasteiger partial charge on any atom is 0.0462 e. The van der Waals surface area contributed by atoms with Gasteiger partial charge in [-0.1, -0.05) is 255 Å². The zero-order chi connectivity index (χ0) is 51.1. The summed E-state index contributed by atoms with van der Waals surface area (Å²) in [6, 6.07) is 108. The van der Waals surface area contributed by atoms with E-state index in [0.29, 0.717) is 0 Å². The summed E-state index contributed by atoms with van der Waals surface area (Å²) in [7, 11) is 0. The van der Waals surface area contributed by atoms with Crippen LogP contribution in [0.4, 0.5) is 34.1 Å². The average Bonchev–Trinajstić information content (AvgIpc) is 3.50. The molecule has 11 aromatic rings. The van der Waals surface area contributed by atoms with Gasteiger partial charge in [-0.05, 0) is 152 Å². The lowest BCUT2D eigenvalue weighted by Gasteiger charge is -2.25. The van der Waals surface area contributed by atoms with Crippen LogP contribution in [0.5, 0.6) is 0 Å². The molecule has 0 heterocycles. The standard InChI is InChI=1S/C74H56N2/c1-7-19-63(20-8-1)73(64-21-9-2-10-22-64)55-61-43-51-71(52-44-61)75(67-27-15-5-16-28-67)69-47-39-59(40-48-69)37-35-57-31-33-58(34-32-57)36-38-60-41-49-70(50-42-60)76(68-29-17-6-18-30-68)72-53-45-62(46-54-72)56-74(65-23-11-3-12-24-65)66-25-13-4-14-26-66/h1-56H/b37-35+,38-36+. The van der Waals surface area contributed by atoms with Crippen LogP contribution in [-0.2, 0) is 0 Å². The van der Waals surface area contributed by atoms with E-state index in [2.05, 4.69) is 350 Å². The Kier molecular flexibility index (Phi) is 15.0. The molecule has 0 unspecified atom stereocenters. The molecule has 362 valence electrons. The first-order valence-electron chi connectivity index (χ1n) is 25.9. The minimum atomic E-state index is 1.09. The SMILES string of the molecule is C(=C(c1ccccc1)c1ccccc1)c1ccc(N(c2ccccc2)c2ccc(/C=C/c3ccc(/C=C/c4ccc(N(c5ccccc5)c5ccc(C=C(c6ccccc6)c6ccccc6)cc5)cc4)cc3)cc2)cc1. The van der Waals surface area contributed by atoms with E-state index >= 15 is 0 Å². The monoisotopic (exact) mass is 972 g/mol. The van der Waals surface area contributed by atoms with E-state index < -0.39 is 0 Å². The second-order valence-electron chi connectivity index (χ2n) is 18.6. The molecular weight excluding hydrogens is 917 g/mol. The van der Waals surface area contributed by atoms with Gasteiger partial charge < -0.3 is 9.80 Å². The number of rotatable bonds is 16. The number of hydrogen-bond donors (Lipinski definition) is 0. The van der Waals surface area contributed by atoms with Crippen molar-refractivity contribution in [2.75, 3.05) is 9.80 Å². The van der Waals surface area contributed by atoms with E-state index in [1.807, 2.05) is 0 Å². The third-order valence-electron chi connectivity index (χ3n) is 13.5. The van der Waals surface area contributed by atoms with E-state index in [9.17, 15) is 0 Å². The van der Waals surface area contributed by atoms with E-state index in [1.165, 1.54) is 33.4 Å². The van der Waals surface area contributed by atoms with Crippen LogP contribution < -0.4 is 9.80 Å². The van der Waals surface area contributed by atoms with Crippen molar-refractivity contribution in [3.8, 4) is 0 Å². The Bertz CT molecular complexity index is 3360. The molecule has 0 aliphatic carbocycles. The third-order valence-corrected chi connectivity index (χ3v) is 13.5. The fraction of sp³-hybridized carbons (Fsp3) is 0. The van der Waals surface area contributed by atoms with Crippen molar-refractivity contribution in [2.45, 2.75) is 0 Å². The first-order chi connectivity index (χ1) is 37.7. The predicted octanol–water partition coefficient (Wildman–Crippen LogP) is 20.1. The minimum Gasteiger partial charge on any atom is -0.311 e. The topological polar surface area (TPSA) is 6.48 Å². The van der Waals surface area contributed by atoms with E-state index in [-0.39, 0.29) is 0 Å². The highest BCUT2D eigenvalue weighted by molar-refractivity contribution is 5.93. The van der Waals surface area contributed by atoms with Crippen molar-refractivity contribution in [1.82, 2.24) is 0 Å². The van der Waals surface area contributed by atoms with Gasteiger partial charge in [0.25, 0.3) is 0 Å². The number of hydrogen-bond acceptors (Lipinski definition) is 2. The highest BCUT2D eigenvalue weighted by Crippen LogP contribution is 2.38. The molecule has 0 aliphatic rings. The molecule has 76 heavy (non-hydrogen) atoms. The maximum atomic E-state index is 2.31. The average molecular weight is 973 g/mol. The predicted molar refractivity (Wildman–Crippen MR) is 326 cm³/mol. The molecule has 2 nitrogen and oxygen atoms in total. The molecular formula is C74H56N2. The minimum absolute atomic E-state index is 1.09. The second-order valence-corrected chi connectivity index (χ2v) is 18.6. The molecule has 0 bridgehead atoms. The Morgan fingerprint density at radius 1 is 0.184 bits per heavy atom. The number of benzene rings is 11. The Morgan fingerprint density at radius 2 is 0.368 bits per heavy atom. The van der Waals surface area contributed by atoms with E-state index in [4.69, 9.17) is 0 Å². The van der Waals surface area contributed by atoms with Gasteiger partial charge >= 0.3 is 0 Å². The largest absolute Gasteiger partial charge is 0.311 e. The van der Waals surface area contributed by atoms with Crippen LogP contribution >= 0.6 is 0 Å². The van der Waals surface area contributed by atoms with Crippen LogP contribution in [0.15, 0.2) is 303 Å². The summed E-state index contributed by atoms with van der Waals surface area (Å²) in [6.07, 6.45) is 13.3. The quantitative estimate of drug-likeness (QED) is 0.0891. The first kappa shape index (κ1) is 48.3. The van der Waals surface area contributed by atoms with Gasteiger partial charge in [0.05, 0.1) is 0 Å².